The van der Waals surface area contributed by atoms with E-state index in [0.717, 1.165) is 11.6 Å². The lowest BCUT2D eigenvalue weighted by Gasteiger charge is -2.16. The van der Waals surface area contributed by atoms with Crippen molar-refractivity contribution in [1.82, 2.24) is 0 Å². The molecule has 2 rings (SSSR count). The average molecular weight is 379 g/mol. The van der Waals surface area contributed by atoms with Crippen LogP contribution in [0.4, 0.5) is 13.2 Å². The lowest BCUT2D eigenvalue weighted by Crippen LogP contribution is -2.15. The first-order valence-electron chi connectivity index (χ1n) is 6.14. The van der Waals surface area contributed by atoms with E-state index in [1.165, 1.54) is 6.07 Å². The molecule has 0 saturated heterocycles. The van der Waals surface area contributed by atoms with Crippen LogP contribution in [0.2, 0.25) is 5.02 Å². The van der Waals surface area contributed by atoms with Gasteiger partial charge >= 0.3 is 6.18 Å². The lowest BCUT2D eigenvalue weighted by atomic mass is 9.98. The van der Waals surface area contributed by atoms with Gasteiger partial charge in [0.25, 0.3) is 0 Å². The molecule has 0 aliphatic rings. The van der Waals surface area contributed by atoms with Gasteiger partial charge in [0.05, 0.1) is 5.56 Å². The molecule has 0 heterocycles. The summed E-state index contributed by atoms with van der Waals surface area (Å²) in [6.45, 7) is 0. The highest BCUT2D eigenvalue weighted by atomic mass is 79.9. The summed E-state index contributed by atoms with van der Waals surface area (Å²) in [6, 6.07) is 10.6. The maximum Gasteiger partial charge on any atom is 0.417 e. The topological polar surface area (TPSA) is 26.0 Å². The molecule has 112 valence electrons. The summed E-state index contributed by atoms with van der Waals surface area (Å²) in [7, 11) is 0. The molecule has 0 fully saturated rings. The number of hydrogen-bond acceptors (Lipinski definition) is 1. The quantitative estimate of drug-likeness (QED) is 0.764. The van der Waals surface area contributed by atoms with Crippen LogP contribution in [0, 0.1) is 0 Å². The summed E-state index contributed by atoms with van der Waals surface area (Å²) < 4.78 is 38.6. The Hall–Kier alpha value is -1.04. The highest BCUT2D eigenvalue weighted by molar-refractivity contribution is 9.10. The van der Waals surface area contributed by atoms with E-state index in [-0.39, 0.29) is 4.47 Å². The molecule has 6 heteroatoms. The molecule has 21 heavy (non-hydrogen) atoms. The van der Waals surface area contributed by atoms with Crippen LogP contribution in [0.3, 0.4) is 0 Å². The molecule has 0 saturated carbocycles. The van der Waals surface area contributed by atoms with E-state index < -0.39 is 17.8 Å². The summed E-state index contributed by atoms with van der Waals surface area (Å²) in [4.78, 5) is 0. The van der Waals surface area contributed by atoms with Gasteiger partial charge in [-0.05, 0) is 41.8 Å². The fraction of sp³-hybridized carbons (Fsp3) is 0.200. The van der Waals surface area contributed by atoms with Gasteiger partial charge in [-0.3, -0.25) is 0 Å². The molecule has 2 N–H and O–H groups in total. The Morgan fingerprint density at radius 3 is 2.29 bits per heavy atom. The summed E-state index contributed by atoms with van der Waals surface area (Å²) >= 11 is 8.71. The summed E-state index contributed by atoms with van der Waals surface area (Å²) in [6.07, 6.45) is -3.97. The highest BCUT2D eigenvalue weighted by Crippen LogP contribution is 2.36. The van der Waals surface area contributed by atoms with E-state index in [0.29, 0.717) is 17.0 Å². The third kappa shape index (κ3) is 4.22. The maximum absolute atomic E-state index is 12.9. The summed E-state index contributed by atoms with van der Waals surface area (Å²) in [5.41, 5.74) is 6.66. The van der Waals surface area contributed by atoms with Gasteiger partial charge in [0.2, 0.25) is 0 Å². The molecule has 0 spiro atoms. The fourth-order valence-corrected chi connectivity index (χ4v) is 2.58. The molecular weight excluding hydrogens is 367 g/mol. The monoisotopic (exact) mass is 377 g/mol. The second kappa shape index (κ2) is 6.38. The fourth-order valence-electron chi connectivity index (χ4n) is 1.98. The molecule has 0 bridgehead atoms. The van der Waals surface area contributed by atoms with Crippen LogP contribution < -0.4 is 5.73 Å². The first-order valence-corrected chi connectivity index (χ1v) is 7.31. The van der Waals surface area contributed by atoms with Gasteiger partial charge in [-0.2, -0.15) is 13.2 Å². The molecule has 0 amide bonds. The van der Waals surface area contributed by atoms with Crippen LogP contribution in [0.1, 0.15) is 22.7 Å². The maximum atomic E-state index is 12.9. The normalized spacial score (nSPS) is 13.2. The van der Waals surface area contributed by atoms with Crippen LogP contribution in [0.15, 0.2) is 46.9 Å². The highest BCUT2D eigenvalue weighted by Gasteiger charge is 2.33. The second-order valence-corrected chi connectivity index (χ2v) is 5.96. The standard InChI is InChI=1S/C15H12BrClF3N/c16-13-6-3-10(8-12(13)15(18,19)20)14(21)7-9-1-4-11(17)5-2-9/h1-6,8,14H,7,21H2. The van der Waals surface area contributed by atoms with Crippen molar-refractivity contribution in [3.8, 4) is 0 Å². The van der Waals surface area contributed by atoms with E-state index >= 15 is 0 Å². The minimum absolute atomic E-state index is 0.0115. The largest absolute Gasteiger partial charge is 0.417 e. The zero-order valence-corrected chi connectivity index (χ0v) is 13.1. The Morgan fingerprint density at radius 2 is 1.71 bits per heavy atom. The molecule has 1 atom stereocenters. The van der Waals surface area contributed by atoms with E-state index in [1.54, 1.807) is 18.2 Å². The lowest BCUT2D eigenvalue weighted by molar-refractivity contribution is -0.138. The number of halogens is 5. The van der Waals surface area contributed by atoms with E-state index in [4.69, 9.17) is 17.3 Å². The number of alkyl halides is 3. The van der Waals surface area contributed by atoms with E-state index in [2.05, 4.69) is 15.9 Å². The predicted molar refractivity (Wildman–Crippen MR) is 81.2 cm³/mol. The van der Waals surface area contributed by atoms with Crippen molar-refractivity contribution < 1.29 is 13.2 Å². The van der Waals surface area contributed by atoms with Gasteiger partial charge in [-0.1, -0.05) is 45.7 Å². The summed E-state index contributed by atoms with van der Waals surface area (Å²) in [5, 5.41) is 0.607. The molecule has 0 radical (unpaired) electrons. The van der Waals surface area contributed by atoms with Crippen molar-refractivity contribution in [2.45, 2.75) is 18.6 Å². The number of nitrogens with two attached hydrogens (primary N) is 1. The van der Waals surface area contributed by atoms with Crippen molar-refractivity contribution in [3.63, 3.8) is 0 Å². The smallest absolute Gasteiger partial charge is 0.324 e. The first kappa shape index (κ1) is 16.3. The molecule has 1 unspecified atom stereocenters. The van der Waals surface area contributed by atoms with Gasteiger partial charge in [0.15, 0.2) is 0 Å². The van der Waals surface area contributed by atoms with Gasteiger partial charge < -0.3 is 5.73 Å². The summed E-state index contributed by atoms with van der Waals surface area (Å²) in [5.74, 6) is 0. The van der Waals surface area contributed by atoms with E-state index in [9.17, 15) is 13.2 Å². The Labute approximate surface area is 134 Å². The van der Waals surface area contributed by atoms with Crippen LogP contribution >= 0.6 is 27.5 Å². The predicted octanol–water partition coefficient (Wildman–Crippen LogP) is 5.36. The Balaban J connectivity index is 2.23. The minimum Gasteiger partial charge on any atom is -0.324 e. The van der Waals surface area contributed by atoms with Gasteiger partial charge in [0, 0.05) is 15.5 Å². The zero-order chi connectivity index (χ0) is 15.6. The molecule has 0 aliphatic heterocycles. The molecule has 0 aromatic heterocycles. The Kier molecular flexibility index (Phi) is 4.96. The Bertz CT molecular complexity index is 626. The third-order valence-electron chi connectivity index (χ3n) is 3.09. The van der Waals surface area contributed by atoms with Gasteiger partial charge in [-0.25, -0.2) is 0 Å². The molecule has 2 aromatic rings. The third-order valence-corrected chi connectivity index (χ3v) is 4.04. The number of rotatable bonds is 3. The van der Waals surface area contributed by atoms with Crippen molar-refractivity contribution >= 4 is 27.5 Å². The van der Waals surface area contributed by atoms with Crippen molar-refractivity contribution in [3.05, 3.63) is 68.7 Å². The molecule has 0 aliphatic carbocycles. The van der Waals surface area contributed by atoms with Gasteiger partial charge in [-0.15, -0.1) is 0 Å². The number of benzene rings is 2. The molecule has 2 aromatic carbocycles. The Morgan fingerprint density at radius 1 is 1.10 bits per heavy atom. The molecule has 1 nitrogen and oxygen atoms in total. The average Bonchev–Trinajstić information content (AvgIpc) is 2.40. The first-order chi connectivity index (χ1) is 9.77. The SMILES string of the molecule is NC(Cc1ccc(Cl)cc1)c1ccc(Br)c(C(F)(F)F)c1. The van der Waals surface area contributed by atoms with Gasteiger partial charge in [0.1, 0.15) is 0 Å². The van der Waals surface area contributed by atoms with Crippen LogP contribution in [-0.2, 0) is 12.6 Å². The van der Waals surface area contributed by atoms with Crippen molar-refractivity contribution in [2.24, 2.45) is 5.73 Å². The van der Waals surface area contributed by atoms with Crippen molar-refractivity contribution in [2.75, 3.05) is 0 Å². The van der Waals surface area contributed by atoms with Crippen LogP contribution in [-0.4, -0.2) is 0 Å². The minimum atomic E-state index is -4.41. The van der Waals surface area contributed by atoms with Crippen LogP contribution in [0.25, 0.3) is 0 Å². The van der Waals surface area contributed by atoms with Crippen LogP contribution in [0.5, 0.6) is 0 Å². The number of hydrogen-bond donors (Lipinski definition) is 1. The van der Waals surface area contributed by atoms with Crippen molar-refractivity contribution in [1.29, 1.82) is 0 Å². The molecular formula is C15H12BrClF3N. The second-order valence-electron chi connectivity index (χ2n) is 4.67. The zero-order valence-electron chi connectivity index (χ0n) is 10.8. The van der Waals surface area contributed by atoms with E-state index in [1.807, 2.05) is 12.1 Å².